The van der Waals surface area contributed by atoms with Gasteiger partial charge >= 0.3 is 6.03 Å². The summed E-state index contributed by atoms with van der Waals surface area (Å²) in [7, 11) is 1.54. The number of fused-ring (bicyclic) bond motifs is 1. The molecule has 0 radical (unpaired) electrons. The normalized spacial score (nSPS) is 13.2. The molecule has 0 saturated heterocycles. The first-order chi connectivity index (χ1) is 12.2. The van der Waals surface area contributed by atoms with Crippen LogP contribution < -0.4 is 24.8 Å². The van der Waals surface area contributed by atoms with Crippen molar-refractivity contribution in [2.45, 2.75) is 12.5 Å². The Morgan fingerprint density at radius 2 is 2.04 bits per heavy atom. The molecule has 7 nitrogen and oxygen atoms in total. The van der Waals surface area contributed by atoms with Gasteiger partial charge in [-0.25, -0.2) is 4.79 Å². The first kappa shape index (κ1) is 16.9. The average Bonchev–Trinajstić information content (AvgIpc) is 3.09. The van der Waals surface area contributed by atoms with Crippen LogP contribution in [0.5, 0.6) is 17.2 Å². The van der Waals surface area contributed by atoms with Gasteiger partial charge < -0.3 is 30.0 Å². The Labute approximate surface area is 145 Å². The molecule has 0 fully saturated rings. The Balaban J connectivity index is 1.48. The van der Waals surface area contributed by atoms with Crippen LogP contribution in [0.15, 0.2) is 42.5 Å². The van der Waals surface area contributed by atoms with Gasteiger partial charge in [0.05, 0.1) is 18.9 Å². The predicted octanol–water partition coefficient (Wildman–Crippen LogP) is 2.67. The summed E-state index contributed by atoms with van der Waals surface area (Å²) in [5.41, 5.74) is 1.30. The van der Waals surface area contributed by atoms with E-state index in [1.54, 1.807) is 37.4 Å². The fraction of sp³-hybridized carbons (Fsp3) is 0.278. The fourth-order valence-electron chi connectivity index (χ4n) is 2.52. The molecule has 2 aromatic carbocycles. The Kier molecular flexibility index (Phi) is 5.25. The van der Waals surface area contributed by atoms with Crippen LogP contribution in [0.1, 0.15) is 18.1 Å². The summed E-state index contributed by atoms with van der Waals surface area (Å²) in [5.74, 6) is 1.88. The van der Waals surface area contributed by atoms with Crippen LogP contribution in [0.25, 0.3) is 0 Å². The van der Waals surface area contributed by atoms with Gasteiger partial charge in [-0.05, 0) is 36.2 Å². The van der Waals surface area contributed by atoms with E-state index in [2.05, 4.69) is 10.6 Å². The number of methoxy groups -OCH3 is 1. The number of aliphatic hydroxyl groups is 1. The lowest BCUT2D eigenvalue weighted by Gasteiger charge is -2.13. The van der Waals surface area contributed by atoms with Crippen LogP contribution in [-0.4, -0.2) is 31.6 Å². The molecule has 0 saturated carbocycles. The molecule has 2 amide bonds. The van der Waals surface area contributed by atoms with Crippen LogP contribution >= 0.6 is 0 Å². The number of hydrogen-bond acceptors (Lipinski definition) is 5. The van der Waals surface area contributed by atoms with E-state index < -0.39 is 6.10 Å². The van der Waals surface area contributed by atoms with Gasteiger partial charge in [-0.2, -0.15) is 0 Å². The van der Waals surface area contributed by atoms with Crippen molar-refractivity contribution in [1.82, 2.24) is 5.32 Å². The minimum Gasteiger partial charge on any atom is -0.495 e. The Morgan fingerprint density at radius 3 is 2.88 bits per heavy atom. The molecule has 7 heteroatoms. The summed E-state index contributed by atoms with van der Waals surface area (Å²) in [4.78, 5) is 12.0. The number of nitrogens with one attached hydrogen (secondary N) is 2. The second-order valence-corrected chi connectivity index (χ2v) is 5.50. The third-order valence-electron chi connectivity index (χ3n) is 3.84. The SMILES string of the molecule is COc1ccccc1NC(=O)NCCC(O)c1ccc2c(c1)OCO2. The molecule has 0 bridgehead atoms. The number of benzene rings is 2. The summed E-state index contributed by atoms with van der Waals surface area (Å²) < 4.78 is 15.7. The summed E-state index contributed by atoms with van der Waals surface area (Å²) in [5, 5.41) is 15.7. The molecule has 3 rings (SSSR count). The molecule has 3 N–H and O–H groups in total. The fourth-order valence-corrected chi connectivity index (χ4v) is 2.52. The summed E-state index contributed by atoms with van der Waals surface area (Å²) in [6, 6.07) is 12.1. The van der Waals surface area contributed by atoms with Gasteiger partial charge in [0, 0.05) is 6.54 Å². The number of para-hydroxylation sites is 2. The predicted molar refractivity (Wildman–Crippen MR) is 92.2 cm³/mol. The van der Waals surface area contributed by atoms with Crippen LogP contribution in [-0.2, 0) is 0 Å². The molecule has 2 aromatic rings. The highest BCUT2D eigenvalue weighted by Crippen LogP contribution is 2.34. The number of carbonyl (C=O) groups is 1. The topological polar surface area (TPSA) is 89.1 Å². The maximum absolute atomic E-state index is 12.0. The van der Waals surface area contributed by atoms with E-state index in [1.165, 1.54) is 0 Å². The van der Waals surface area contributed by atoms with Crippen LogP contribution in [0.2, 0.25) is 0 Å². The minimum absolute atomic E-state index is 0.194. The number of amides is 2. The Bertz CT molecular complexity index is 750. The smallest absolute Gasteiger partial charge is 0.319 e. The molecule has 1 heterocycles. The summed E-state index contributed by atoms with van der Waals surface area (Å²) in [6.07, 6.45) is -0.333. The van der Waals surface area contributed by atoms with Crippen LogP contribution in [0, 0.1) is 0 Å². The van der Waals surface area contributed by atoms with E-state index in [1.807, 2.05) is 12.1 Å². The maximum Gasteiger partial charge on any atom is 0.319 e. The second kappa shape index (κ2) is 7.76. The number of carbonyl (C=O) groups excluding carboxylic acids is 1. The van der Waals surface area contributed by atoms with Crippen molar-refractivity contribution in [3.8, 4) is 17.2 Å². The molecular formula is C18H20N2O5. The molecule has 1 aliphatic heterocycles. The zero-order chi connectivity index (χ0) is 17.6. The van der Waals surface area contributed by atoms with Crippen molar-refractivity contribution < 1.29 is 24.1 Å². The second-order valence-electron chi connectivity index (χ2n) is 5.50. The first-order valence-electron chi connectivity index (χ1n) is 7.93. The number of ether oxygens (including phenoxy) is 3. The monoisotopic (exact) mass is 344 g/mol. The van der Waals surface area contributed by atoms with Gasteiger partial charge in [-0.3, -0.25) is 0 Å². The molecule has 1 aliphatic rings. The van der Waals surface area contributed by atoms with E-state index in [0.29, 0.717) is 35.9 Å². The van der Waals surface area contributed by atoms with Crippen molar-refractivity contribution in [3.05, 3.63) is 48.0 Å². The van der Waals surface area contributed by atoms with Crippen molar-refractivity contribution >= 4 is 11.7 Å². The van der Waals surface area contributed by atoms with Gasteiger partial charge in [0.1, 0.15) is 5.75 Å². The number of hydrogen-bond donors (Lipinski definition) is 3. The van der Waals surface area contributed by atoms with Gasteiger partial charge in [0.2, 0.25) is 6.79 Å². The summed E-state index contributed by atoms with van der Waals surface area (Å²) in [6.45, 7) is 0.510. The largest absolute Gasteiger partial charge is 0.495 e. The highest BCUT2D eigenvalue weighted by molar-refractivity contribution is 5.90. The third-order valence-corrected chi connectivity index (χ3v) is 3.84. The number of aliphatic hydroxyl groups excluding tert-OH is 1. The maximum atomic E-state index is 12.0. The Morgan fingerprint density at radius 1 is 1.24 bits per heavy atom. The molecule has 132 valence electrons. The van der Waals surface area contributed by atoms with Crippen molar-refractivity contribution in [3.63, 3.8) is 0 Å². The van der Waals surface area contributed by atoms with Gasteiger partial charge in [0.15, 0.2) is 11.5 Å². The first-order valence-corrected chi connectivity index (χ1v) is 7.93. The van der Waals surface area contributed by atoms with E-state index in [0.717, 1.165) is 5.56 Å². The zero-order valence-electron chi connectivity index (χ0n) is 13.8. The molecule has 1 unspecified atom stereocenters. The molecule has 0 aromatic heterocycles. The van der Waals surface area contributed by atoms with E-state index in [9.17, 15) is 9.90 Å². The standard InChI is InChI=1S/C18H20N2O5/c1-23-15-5-3-2-4-13(15)20-18(22)19-9-8-14(21)12-6-7-16-17(10-12)25-11-24-16/h2-7,10,14,21H,8-9,11H2,1H3,(H2,19,20,22). The number of anilines is 1. The molecule has 0 aliphatic carbocycles. The number of rotatable bonds is 6. The highest BCUT2D eigenvalue weighted by Gasteiger charge is 2.16. The van der Waals surface area contributed by atoms with Crippen molar-refractivity contribution in [1.29, 1.82) is 0 Å². The van der Waals surface area contributed by atoms with Gasteiger partial charge in [-0.1, -0.05) is 18.2 Å². The number of urea groups is 1. The lowest BCUT2D eigenvalue weighted by molar-refractivity contribution is 0.165. The molecular weight excluding hydrogens is 324 g/mol. The van der Waals surface area contributed by atoms with E-state index in [-0.39, 0.29) is 12.8 Å². The minimum atomic E-state index is -0.707. The Hall–Kier alpha value is -2.93. The van der Waals surface area contributed by atoms with Crippen molar-refractivity contribution in [2.75, 3.05) is 25.8 Å². The lowest BCUT2D eigenvalue weighted by atomic mass is 10.1. The average molecular weight is 344 g/mol. The van der Waals surface area contributed by atoms with E-state index in [4.69, 9.17) is 14.2 Å². The van der Waals surface area contributed by atoms with Crippen LogP contribution in [0.3, 0.4) is 0 Å². The molecule has 0 spiro atoms. The summed E-state index contributed by atoms with van der Waals surface area (Å²) >= 11 is 0. The lowest BCUT2D eigenvalue weighted by Crippen LogP contribution is -2.30. The molecule has 25 heavy (non-hydrogen) atoms. The quantitative estimate of drug-likeness (QED) is 0.750. The van der Waals surface area contributed by atoms with Gasteiger partial charge in [-0.15, -0.1) is 0 Å². The zero-order valence-corrected chi connectivity index (χ0v) is 13.8. The third kappa shape index (κ3) is 4.13. The van der Waals surface area contributed by atoms with E-state index >= 15 is 0 Å². The van der Waals surface area contributed by atoms with Crippen molar-refractivity contribution in [2.24, 2.45) is 0 Å². The highest BCUT2D eigenvalue weighted by atomic mass is 16.7. The molecule has 1 atom stereocenters. The van der Waals surface area contributed by atoms with Gasteiger partial charge in [0.25, 0.3) is 0 Å². The van der Waals surface area contributed by atoms with Crippen LogP contribution in [0.4, 0.5) is 10.5 Å².